The van der Waals surface area contributed by atoms with Gasteiger partial charge in [0.2, 0.25) is 0 Å². The van der Waals surface area contributed by atoms with Crippen molar-refractivity contribution in [2.45, 2.75) is 64.3 Å². The molecule has 0 amide bonds. The molecule has 1 fully saturated rings. The Labute approximate surface area is 95.2 Å². The molecular formula is C12H26O2Si. The van der Waals surface area contributed by atoms with Crippen molar-refractivity contribution in [3.05, 3.63) is 0 Å². The van der Waals surface area contributed by atoms with Gasteiger partial charge in [-0.15, -0.1) is 0 Å². The number of hydrogen-bond donors (Lipinski definition) is 1. The zero-order valence-electron chi connectivity index (χ0n) is 10.5. The lowest BCUT2D eigenvalue weighted by atomic mass is 10.1. The summed E-state index contributed by atoms with van der Waals surface area (Å²) in [5, 5.41) is 9.08. The largest absolute Gasteiger partial charge is 0.414 e. The molecule has 0 saturated heterocycles. The lowest BCUT2D eigenvalue weighted by molar-refractivity contribution is 0.175. The Morgan fingerprint density at radius 3 is 2.60 bits per heavy atom. The van der Waals surface area contributed by atoms with Gasteiger partial charge in [0.25, 0.3) is 0 Å². The van der Waals surface area contributed by atoms with Crippen molar-refractivity contribution in [3.8, 4) is 0 Å². The first-order chi connectivity index (χ1) is 7.07. The van der Waals surface area contributed by atoms with Crippen LogP contribution in [0.1, 0.15) is 39.0 Å². The Bertz CT molecular complexity index is 182. The highest BCUT2D eigenvalue weighted by Gasteiger charge is 2.31. The van der Waals surface area contributed by atoms with Gasteiger partial charge in [-0.3, -0.25) is 0 Å². The van der Waals surface area contributed by atoms with E-state index in [1.54, 1.807) is 0 Å². The van der Waals surface area contributed by atoms with E-state index in [4.69, 9.17) is 9.53 Å². The minimum absolute atomic E-state index is 0.344. The Balaban J connectivity index is 2.28. The van der Waals surface area contributed by atoms with Crippen LogP contribution in [0, 0.1) is 5.92 Å². The van der Waals surface area contributed by atoms with E-state index in [-0.39, 0.29) is 0 Å². The minimum Gasteiger partial charge on any atom is -0.414 e. The van der Waals surface area contributed by atoms with Crippen LogP contribution in [-0.2, 0) is 4.43 Å². The van der Waals surface area contributed by atoms with E-state index in [1.165, 1.54) is 18.9 Å². The molecule has 15 heavy (non-hydrogen) atoms. The quantitative estimate of drug-likeness (QED) is 0.710. The van der Waals surface area contributed by atoms with E-state index in [2.05, 4.69) is 20.0 Å². The maximum Gasteiger partial charge on any atom is 0.187 e. The normalized spacial score (nSPS) is 27.2. The molecule has 0 aromatic carbocycles. The molecule has 1 aliphatic rings. The minimum atomic E-state index is -1.41. The van der Waals surface area contributed by atoms with Gasteiger partial charge < -0.3 is 9.53 Å². The first kappa shape index (κ1) is 13.2. The van der Waals surface area contributed by atoms with Crippen LogP contribution in [0.5, 0.6) is 0 Å². The predicted octanol–water partition coefficient (Wildman–Crippen LogP) is 3.17. The second kappa shape index (κ2) is 6.02. The molecule has 0 aliphatic heterocycles. The molecule has 3 heteroatoms. The van der Waals surface area contributed by atoms with Crippen LogP contribution in [0.4, 0.5) is 0 Å². The molecule has 90 valence electrons. The Morgan fingerprint density at radius 2 is 2.07 bits per heavy atom. The predicted molar refractivity (Wildman–Crippen MR) is 66.5 cm³/mol. The molecule has 1 rings (SSSR count). The summed E-state index contributed by atoms with van der Waals surface area (Å²) in [6.07, 6.45) is 6.41. The van der Waals surface area contributed by atoms with E-state index in [0.29, 0.717) is 18.6 Å². The summed E-state index contributed by atoms with van der Waals surface area (Å²) in [5.74, 6) is 0.506. The third-order valence-corrected chi connectivity index (χ3v) is 5.90. The van der Waals surface area contributed by atoms with Gasteiger partial charge in [-0.1, -0.05) is 19.8 Å². The van der Waals surface area contributed by atoms with Gasteiger partial charge in [-0.2, -0.15) is 0 Å². The van der Waals surface area contributed by atoms with E-state index in [9.17, 15) is 0 Å². The summed E-state index contributed by atoms with van der Waals surface area (Å²) in [6, 6.07) is 1.28. The molecule has 2 unspecified atom stereocenters. The lowest BCUT2D eigenvalue weighted by Gasteiger charge is -2.27. The fourth-order valence-electron chi connectivity index (χ4n) is 2.41. The fraction of sp³-hybridized carbons (Fsp3) is 1.00. The molecule has 1 saturated carbocycles. The molecule has 1 N–H and O–H groups in total. The second-order valence-corrected chi connectivity index (χ2v) is 9.72. The van der Waals surface area contributed by atoms with Crippen LogP contribution in [0.3, 0.4) is 0 Å². The summed E-state index contributed by atoms with van der Waals surface area (Å²) in [7, 11) is -1.41. The zero-order valence-corrected chi connectivity index (χ0v) is 11.5. The SMILES string of the molecule is CCCC[Si](C)(C)OC1CCC(CO)C1. The highest BCUT2D eigenvalue weighted by Crippen LogP contribution is 2.30. The van der Waals surface area contributed by atoms with Crippen LogP contribution in [0.2, 0.25) is 19.1 Å². The van der Waals surface area contributed by atoms with Gasteiger partial charge in [0.05, 0.1) is 0 Å². The van der Waals surface area contributed by atoms with Crippen molar-refractivity contribution in [1.29, 1.82) is 0 Å². The summed E-state index contributed by atoms with van der Waals surface area (Å²) in [6.45, 7) is 7.24. The first-order valence-corrected chi connectivity index (χ1v) is 9.47. The first-order valence-electron chi connectivity index (χ1n) is 6.36. The highest BCUT2D eigenvalue weighted by molar-refractivity contribution is 6.71. The second-order valence-electron chi connectivity index (χ2n) is 5.46. The van der Waals surface area contributed by atoms with Gasteiger partial charge in [0.15, 0.2) is 8.32 Å². The third kappa shape index (κ3) is 4.66. The molecule has 1 aliphatic carbocycles. The average molecular weight is 230 g/mol. The van der Waals surface area contributed by atoms with Crippen molar-refractivity contribution in [1.82, 2.24) is 0 Å². The molecular weight excluding hydrogens is 204 g/mol. The molecule has 0 radical (unpaired) electrons. The van der Waals surface area contributed by atoms with Crippen LogP contribution >= 0.6 is 0 Å². The van der Waals surface area contributed by atoms with Gasteiger partial charge in [0.1, 0.15) is 0 Å². The van der Waals surface area contributed by atoms with Gasteiger partial charge >= 0.3 is 0 Å². The fourth-order valence-corrected chi connectivity index (χ4v) is 4.85. The highest BCUT2D eigenvalue weighted by atomic mass is 28.4. The molecule has 0 aromatic heterocycles. The van der Waals surface area contributed by atoms with Crippen molar-refractivity contribution in [2.24, 2.45) is 5.92 Å². The molecule has 0 aromatic rings. The smallest absolute Gasteiger partial charge is 0.187 e. The maximum atomic E-state index is 9.08. The van der Waals surface area contributed by atoms with Gasteiger partial charge in [-0.05, 0) is 44.3 Å². The van der Waals surface area contributed by atoms with E-state index in [1.807, 2.05) is 0 Å². The summed E-state index contributed by atoms with van der Waals surface area (Å²) in [4.78, 5) is 0. The number of hydrogen-bond acceptors (Lipinski definition) is 2. The van der Waals surface area contributed by atoms with E-state index < -0.39 is 8.32 Å². The topological polar surface area (TPSA) is 29.5 Å². The van der Waals surface area contributed by atoms with Crippen LogP contribution in [-0.4, -0.2) is 26.1 Å². The number of aliphatic hydroxyl groups excluding tert-OH is 1. The number of unbranched alkanes of at least 4 members (excludes halogenated alkanes) is 1. The Kier molecular flexibility index (Phi) is 5.30. The van der Waals surface area contributed by atoms with E-state index >= 15 is 0 Å². The van der Waals surface area contributed by atoms with Crippen molar-refractivity contribution in [2.75, 3.05) is 6.61 Å². The van der Waals surface area contributed by atoms with E-state index in [0.717, 1.165) is 19.3 Å². The average Bonchev–Trinajstić information content (AvgIpc) is 2.62. The van der Waals surface area contributed by atoms with Crippen LogP contribution in [0.15, 0.2) is 0 Å². The summed E-state index contributed by atoms with van der Waals surface area (Å²) in [5.41, 5.74) is 0. The third-order valence-electron chi connectivity index (χ3n) is 3.37. The van der Waals surface area contributed by atoms with Crippen LogP contribution in [0.25, 0.3) is 0 Å². The maximum absolute atomic E-state index is 9.08. The molecule has 2 atom stereocenters. The summed E-state index contributed by atoms with van der Waals surface area (Å²) >= 11 is 0. The lowest BCUT2D eigenvalue weighted by Crippen LogP contribution is -2.34. The number of rotatable bonds is 6. The Hall–Kier alpha value is 0.137. The molecule has 0 bridgehead atoms. The van der Waals surface area contributed by atoms with Crippen molar-refractivity contribution < 1.29 is 9.53 Å². The standard InChI is InChI=1S/C12H26O2Si/c1-4-5-8-15(2,3)14-12-7-6-11(9-12)10-13/h11-13H,4-10H2,1-3H3. The van der Waals surface area contributed by atoms with Gasteiger partial charge in [0, 0.05) is 12.7 Å². The number of aliphatic hydroxyl groups is 1. The van der Waals surface area contributed by atoms with Gasteiger partial charge in [-0.25, -0.2) is 0 Å². The van der Waals surface area contributed by atoms with Crippen LogP contribution < -0.4 is 0 Å². The van der Waals surface area contributed by atoms with Crippen molar-refractivity contribution >= 4 is 8.32 Å². The monoisotopic (exact) mass is 230 g/mol. The van der Waals surface area contributed by atoms with Crippen molar-refractivity contribution in [3.63, 3.8) is 0 Å². The zero-order chi connectivity index (χ0) is 11.3. The molecule has 0 spiro atoms. The Morgan fingerprint density at radius 1 is 1.33 bits per heavy atom. The molecule has 2 nitrogen and oxygen atoms in total. The molecule has 0 heterocycles. The summed E-state index contributed by atoms with van der Waals surface area (Å²) < 4.78 is 6.26.